The number of rotatable bonds is 5. The molecular formula is C28H36Si3. The summed E-state index contributed by atoms with van der Waals surface area (Å²) in [6.45, 7) is 15.7. The molecule has 0 saturated heterocycles. The van der Waals surface area contributed by atoms with Crippen LogP contribution in [0.15, 0.2) is 91.0 Å². The Bertz CT molecular complexity index is 975. The minimum absolute atomic E-state index is 0.740. The monoisotopic (exact) mass is 456 g/mol. The molecule has 0 nitrogen and oxygen atoms in total. The van der Waals surface area contributed by atoms with Crippen molar-refractivity contribution in [3.63, 3.8) is 0 Å². The van der Waals surface area contributed by atoms with E-state index in [9.17, 15) is 0 Å². The molecule has 4 rings (SSSR count). The second kappa shape index (κ2) is 8.53. The highest BCUT2D eigenvalue weighted by atomic mass is 28.4. The van der Waals surface area contributed by atoms with Crippen LogP contribution in [0.3, 0.4) is 0 Å². The van der Waals surface area contributed by atoms with E-state index in [4.69, 9.17) is 0 Å². The Labute approximate surface area is 192 Å². The van der Waals surface area contributed by atoms with Gasteiger partial charge in [0.1, 0.15) is 0 Å². The third kappa shape index (κ3) is 4.36. The van der Waals surface area contributed by atoms with Gasteiger partial charge in [-0.15, -0.1) is 0 Å². The van der Waals surface area contributed by atoms with E-state index in [1.165, 1.54) is 11.1 Å². The normalized spacial score (nSPS) is 22.1. The minimum atomic E-state index is -1.49. The standard InChI is InChI=1S/C28H36Si3/c1-30(2,3)27-25(22-16-10-7-11-17-22)26(23-18-12-8-13-19-23)28(31(4,5)6)29(27)24-20-14-9-15-21-24/h7-21,27-29H,1-6H3/t27-,28+,29?. The summed E-state index contributed by atoms with van der Waals surface area (Å²) in [4.78, 5) is 0. The Morgan fingerprint density at radius 2 is 0.806 bits per heavy atom. The summed E-state index contributed by atoms with van der Waals surface area (Å²) in [5.41, 5.74) is 6.31. The molecule has 1 aliphatic heterocycles. The zero-order valence-electron chi connectivity index (χ0n) is 19.9. The number of hydrogen-bond donors (Lipinski definition) is 0. The van der Waals surface area contributed by atoms with Crippen LogP contribution in [0.25, 0.3) is 11.1 Å². The van der Waals surface area contributed by atoms with E-state index in [0.29, 0.717) is 0 Å². The molecule has 31 heavy (non-hydrogen) atoms. The highest BCUT2D eigenvalue weighted by Gasteiger charge is 2.53. The van der Waals surface area contributed by atoms with Crippen molar-refractivity contribution in [3.8, 4) is 0 Å². The third-order valence-electron chi connectivity index (χ3n) is 6.85. The van der Waals surface area contributed by atoms with Crippen molar-refractivity contribution in [2.24, 2.45) is 0 Å². The smallest absolute Gasteiger partial charge is 0.0693 e. The average Bonchev–Trinajstić information content (AvgIpc) is 3.13. The molecule has 1 unspecified atom stereocenters. The molecule has 0 N–H and O–H groups in total. The second-order valence-corrected chi connectivity index (χ2v) is 26.3. The van der Waals surface area contributed by atoms with Crippen LogP contribution in [-0.2, 0) is 0 Å². The summed E-state index contributed by atoms with van der Waals surface area (Å²) in [7, 11) is -4.30. The van der Waals surface area contributed by atoms with Crippen molar-refractivity contribution in [3.05, 3.63) is 102 Å². The molecule has 1 heterocycles. The lowest BCUT2D eigenvalue weighted by molar-refractivity contribution is 1.36. The first-order chi connectivity index (χ1) is 14.7. The summed E-state index contributed by atoms with van der Waals surface area (Å²) < 4.78 is 0. The van der Waals surface area contributed by atoms with Gasteiger partial charge in [0.2, 0.25) is 0 Å². The fourth-order valence-electron chi connectivity index (χ4n) is 5.80. The Balaban J connectivity index is 2.09. The molecular weight excluding hydrogens is 421 g/mol. The molecule has 0 amide bonds. The molecule has 160 valence electrons. The van der Waals surface area contributed by atoms with Crippen molar-refractivity contribution in [1.82, 2.24) is 0 Å². The topological polar surface area (TPSA) is 0 Å². The third-order valence-corrected chi connectivity index (χ3v) is 22.6. The predicted molar refractivity (Wildman–Crippen MR) is 147 cm³/mol. The minimum Gasteiger partial charge on any atom is -0.0693 e. The Morgan fingerprint density at radius 3 is 1.13 bits per heavy atom. The van der Waals surface area contributed by atoms with Gasteiger partial charge in [0, 0.05) is 16.1 Å². The number of allylic oxidation sites excluding steroid dienone is 2. The Kier molecular flexibility index (Phi) is 6.12. The largest absolute Gasteiger partial charge is 0.0804 e. The van der Waals surface area contributed by atoms with Gasteiger partial charge in [0.05, 0.1) is 8.80 Å². The molecule has 0 radical (unpaired) electrons. The SMILES string of the molecule is C[Si](C)(C)[C@@H]1C(c2ccccc2)=C(c2ccccc2)[C@H]([Si](C)(C)C)[SiH]1c1ccccc1. The van der Waals surface area contributed by atoms with Gasteiger partial charge in [-0.05, 0) is 32.6 Å². The van der Waals surface area contributed by atoms with E-state index in [-0.39, 0.29) is 0 Å². The Morgan fingerprint density at radius 1 is 0.484 bits per heavy atom. The fourth-order valence-corrected chi connectivity index (χ4v) is 23.0. The van der Waals surface area contributed by atoms with Gasteiger partial charge in [-0.2, -0.15) is 0 Å². The first-order valence-electron chi connectivity index (χ1n) is 11.6. The molecule has 3 atom stereocenters. The average molecular weight is 457 g/mol. The van der Waals surface area contributed by atoms with E-state index in [1.54, 1.807) is 16.3 Å². The molecule has 1 aliphatic rings. The van der Waals surface area contributed by atoms with Gasteiger partial charge in [-0.25, -0.2) is 0 Å². The predicted octanol–water partition coefficient (Wildman–Crippen LogP) is 7.24. The first kappa shape index (κ1) is 22.3. The lowest BCUT2D eigenvalue weighted by Crippen LogP contribution is -2.51. The summed E-state index contributed by atoms with van der Waals surface area (Å²) >= 11 is 0. The molecule has 0 fully saturated rings. The van der Waals surface area contributed by atoms with Gasteiger partial charge < -0.3 is 0 Å². The van der Waals surface area contributed by atoms with Crippen LogP contribution < -0.4 is 5.19 Å². The van der Waals surface area contributed by atoms with Gasteiger partial charge >= 0.3 is 0 Å². The van der Waals surface area contributed by atoms with Crippen molar-refractivity contribution >= 4 is 41.3 Å². The van der Waals surface area contributed by atoms with Crippen LogP contribution in [0, 0.1) is 0 Å². The van der Waals surface area contributed by atoms with Gasteiger partial charge in [0.15, 0.2) is 0 Å². The molecule has 0 aliphatic carbocycles. The summed E-state index contributed by atoms with van der Waals surface area (Å²) in [6, 6.07) is 34.3. The van der Waals surface area contributed by atoms with Crippen LogP contribution in [-0.4, -0.2) is 24.9 Å². The van der Waals surface area contributed by atoms with Crippen molar-refractivity contribution in [2.45, 2.75) is 49.6 Å². The quantitative estimate of drug-likeness (QED) is 0.355. The molecule has 0 saturated carbocycles. The van der Waals surface area contributed by atoms with Crippen molar-refractivity contribution in [1.29, 1.82) is 0 Å². The summed E-state index contributed by atoms with van der Waals surface area (Å²) in [5, 5.41) is 3.15. The maximum atomic E-state index is 2.61. The first-order valence-corrected chi connectivity index (χ1v) is 20.7. The fraction of sp³-hybridized carbons (Fsp3) is 0.286. The van der Waals surface area contributed by atoms with Crippen LogP contribution in [0.4, 0.5) is 0 Å². The van der Waals surface area contributed by atoms with E-state index in [1.807, 2.05) is 0 Å². The summed E-state index contributed by atoms with van der Waals surface area (Å²) in [5.74, 6) is 0. The molecule has 0 aromatic heterocycles. The highest BCUT2D eigenvalue weighted by Crippen LogP contribution is 2.58. The zero-order valence-corrected chi connectivity index (χ0v) is 23.0. The molecule has 3 aromatic carbocycles. The van der Waals surface area contributed by atoms with Crippen LogP contribution in [0.1, 0.15) is 11.1 Å². The zero-order chi connectivity index (χ0) is 22.2. The van der Waals surface area contributed by atoms with E-state index < -0.39 is 24.9 Å². The van der Waals surface area contributed by atoms with Crippen LogP contribution in [0.2, 0.25) is 49.6 Å². The maximum Gasteiger partial charge on any atom is 0.0804 e. The second-order valence-electron chi connectivity index (χ2n) is 11.2. The Hall–Kier alpha value is -1.95. The molecule has 3 heteroatoms. The van der Waals surface area contributed by atoms with E-state index >= 15 is 0 Å². The molecule has 0 bridgehead atoms. The number of hydrogen-bond acceptors (Lipinski definition) is 0. The van der Waals surface area contributed by atoms with E-state index in [0.717, 1.165) is 10.3 Å². The van der Waals surface area contributed by atoms with Gasteiger partial charge in [-0.1, -0.05) is 135 Å². The maximum absolute atomic E-state index is 2.61. The van der Waals surface area contributed by atoms with Gasteiger partial charge in [0.25, 0.3) is 0 Å². The lowest BCUT2D eigenvalue weighted by atomic mass is 9.97. The molecule has 3 aromatic rings. The van der Waals surface area contributed by atoms with Crippen molar-refractivity contribution < 1.29 is 0 Å². The molecule has 0 spiro atoms. The number of benzene rings is 3. The summed E-state index contributed by atoms with van der Waals surface area (Å²) in [6.07, 6.45) is 0. The van der Waals surface area contributed by atoms with Crippen LogP contribution in [0.5, 0.6) is 0 Å². The van der Waals surface area contributed by atoms with E-state index in [2.05, 4.69) is 130 Å². The van der Waals surface area contributed by atoms with Gasteiger partial charge in [-0.3, -0.25) is 0 Å². The van der Waals surface area contributed by atoms with Crippen LogP contribution >= 0.6 is 0 Å². The lowest BCUT2D eigenvalue weighted by Gasteiger charge is -2.38. The van der Waals surface area contributed by atoms with Crippen molar-refractivity contribution in [2.75, 3.05) is 0 Å². The highest BCUT2D eigenvalue weighted by molar-refractivity contribution is 7.07.